The predicted molar refractivity (Wildman–Crippen MR) is 59.8 cm³/mol. The summed E-state index contributed by atoms with van der Waals surface area (Å²) in [5.41, 5.74) is 5.87. The molecule has 0 unspecified atom stereocenters. The molecule has 88 valence electrons. The normalized spacial score (nSPS) is 9.88. The van der Waals surface area contributed by atoms with Gasteiger partial charge in [-0.15, -0.1) is 0 Å². The van der Waals surface area contributed by atoms with Gasteiger partial charge in [0.05, 0.1) is 29.9 Å². The molecule has 0 radical (unpaired) electrons. The molecule has 2 N–H and O–H groups in total. The number of nitrogens with two attached hydrogens (primary N) is 1. The molecule has 0 heterocycles. The lowest BCUT2D eigenvalue weighted by atomic mass is 10.2. The molecule has 0 aromatic heterocycles. The van der Waals surface area contributed by atoms with E-state index in [9.17, 15) is 10.1 Å². The highest BCUT2D eigenvalue weighted by Gasteiger charge is 2.18. The third kappa shape index (κ3) is 2.53. The zero-order valence-corrected chi connectivity index (χ0v) is 9.23. The van der Waals surface area contributed by atoms with Crippen LogP contribution in [0.4, 0.5) is 11.4 Å². The number of nitro groups is 1. The molecule has 0 spiro atoms. The molecule has 0 fully saturated rings. The molecule has 0 aliphatic heterocycles. The van der Waals surface area contributed by atoms with Crippen molar-refractivity contribution in [2.75, 3.05) is 18.9 Å². The van der Waals surface area contributed by atoms with Crippen LogP contribution >= 0.6 is 0 Å². The first-order chi connectivity index (χ1) is 7.60. The van der Waals surface area contributed by atoms with Crippen LogP contribution in [0.2, 0.25) is 0 Å². The van der Waals surface area contributed by atoms with Crippen molar-refractivity contribution in [2.45, 2.75) is 13.8 Å². The second kappa shape index (κ2) is 5.20. The maximum atomic E-state index is 10.8. The van der Waals surface area contributed by atoms with Gasteiger partial charge in [0, 0.05) is 6.07 Å². The van der Waals surface area contributed by atoms with Gasteiger partial charge in [-0.1, -0.05) is 0 Å². The zero-order chi connectivity index (χ0) is 12.1. The first-order valence-electron chi connectivity index (χ1n) is 4.93. The lowest BCUT2D eigenvalue weighted by Gasteiger charge is -2.09. The van der Waals surface area contributed by atoms with E-state index < -0.39 is 4.92 Å². The van der Waals surface area contributed by atoms with Gasteiger partial charge in [-0.05, 0) is 13.8 Å². The van der Waals surface area contributed by atoms with Crippen LogP contribution in [0.3, 0.4) is 0 Å². The first-order valence-corrected chi connectivity index (χ1v) is 4.93. The van der Waals surface area contributed by atoms with E-state index in [-0.39, 0.29) is 11.4 Å². The van der Waals surface area contributed by atoms with E-state index in [1.54, 1.807) is 13.8 Å². The summed E-state index contributed by atoms with van der Waals surface area (Å²) in [6, 6.07) is 2.69. The molecule has 0 aliphatic rings. The van der Waals surface area contributed by atoms with Gasteiger partial charge in [-0.2, -0.15) is 0 Å². The molecular weight excluding hydrogens is 212 g/mol. The van der Waals surface area contributed by atoms with Gasteiger partial charge in [0.1, 0.15) is 5.75 Å². The largest absolute Gasteiger partial charge is 0.491 e. The fraction of sp³-hybridized carbons (Fsp3) is 0.400. The van der Waals surface area contributed by atoms with Crippen molar-refractivity contribution in [1.29, 1.82) is 0 Å². The SMILES string of the molecule is CCOc1cc([N+](=O)[O-])c(OCC)cc1N. The van der Waals surface area contributed by atoms with Crippen LogP contribution in [-0.2, 0) is 0 Å². The Morgan fingerprint density at radius 1 is 1.25 bits per heavy atom. The summed E-state index contributed by atoms with van der Waals surface area (Å²) < 4.78 is 10.3. The molecular formula is C10H14N2O4. The highest BCUT2D eigenvalue weighted by Crippen LogP contribution is 2.36. The predicted octanol–water partition coefficient (Wildman–Crippen LogP) is 1.97. The molecule has 1 rings (SSSR count). The second-order valence-electron chi connectivity index (χ2n) is 2.98. The van der Waals surface area contributed by atoms with Crippen molar-refractivity contribution in [3.05, 3.63) is 22.2 Å². The number of anilines is 1. The lowest BCUT2D eigenvalue weighted by molar-refractivity contribution is -0.385. The molecule has 6 nitrogen and oxygen atoms in total. The van der Waals surface area contributed by atoms with Gasteiger partial charge in [-0.3, -0.25) is 10.1 Å². The fourth-order valence-electron chi connectivity index (χ4n) is 1.26. The number of benzene rings is 1. The summed E-state index contributed by atoms with van der Waals surface area (Å²) in [5.74, 6) is 0.464. The average Bonchev–Trinajstić information content (AvgIpc) is 2.22. The summed E-state index contributed by atoms with van der Waals surface area (Å²) in [6.45, 7) is 4.27. The van der Waals surface area contributed by atoms with Crippen LogP contribution in [0.5, 0.6) is 11.5 Å². The van der Waals surface area contributed by atoms with Crippen molar-refractivity contribution >= 4 is 11.4 Å². The Hall–Kier alpha value is -1.98. The molecule has 0 amide bonds. The van der Waals surface area contributed by atoms with Crippen LogP contribution in [0.25, 0.3) is 0 Å². The van der Waals surface area contributed by atoms with Gasteiger partial charge in [0.15, 0.2) is 5.75 Å². The lowest BCUT2D eigenvalue weighted by Crippen LogP contribution is -2.02. The van der Waals surface area contributed by atoms with Gasteiger partial charge < -0.3 is 15.2 Å². The Morgan fingerprint density at radius 2 is 1.81 bits per heavy atom. The van der Waals surface area contributed by atoms with Gasteiger partial charge >= 0.3 is 5.69 Å². The van der Waals surface area contributed by atoms with Crippen molar-refractivity contribution in [3.63, 3.8) is 0 Å². The zero-order valence-electron chi connectivity index (χ0n) is 9.23. The molecule has 0 saturated carbocycles. The number of rotatable bonds is 5. The summed E-state index contributed by atoms with van der Waals surface area (Å²) in [6.07, 6.45) is 0. The first kappa shape index (κ1) is 12.1. The Bertz CT molecular complexity index is 393. The highest BCUT2D eigenvalue weighted by molar-refractivity contribution is 5.64. The van der Waals surface area contributed by atoms with Crippen molar-refractivity contribution in [3.8, 4) is 11.5 Å². The maximum absolute atomic E-state index is 10.8. The van der Waals surface area contributed by atoms with Crippen LogP contribution in [0.15, 0.2) is 12.1 Å². The van der Waals surface area contributed by atoms with Gasteiger partial charge in [0.2, 0.25) is 0 Å². The van der Waals surface area contributed by atoms with Crippen LogP contribution < -0.4 is 15.2 Å². The molecule has 0 atom stereocenters. The minimum atomic E-state index is -0.521. The molecule has 0 saturated heterocycles. The number of nitro benzene ring substituents is 1. The van der Waals surface area contributed by atoms with E-state index in [2.05, 4.69) is 0 Å². The van der Waals surface area contributed by atoms with E-state index in [0.29, 0.717) is 24.7 Å². The van der Waals surface area contributed by atoms with Gasteiger partial charge in [0.25, 0.3) is 0 Å². The number of hydrogen-bond donors (Lipinski definition) is 1. The summed E-state index contributed by atoms with van der Waals surface area (Å²) in [5, 5.41) is 10.8. The van der Waals surface area contributed by atoms with Crippen LogP contribution in [0, 0.1) is 10.1 Å². The minimum Gasteiger partial charge on any atom is -0.491 e. The quantitative estimate of drug-likeness (QED) is 0.471. The number of nitrogen functional groups attached to an aromatic ring is 1. The van der Waals surface area contributed by atoms with Gasteiger partial charge in [-0.25, -0.2) is 0 Å². The average molecular weight is 226 g/mol. The fourth-order valence-corrected chi connectivity index (χ4v) is 1.26. The van der Waals surface area contributed by atoms with Crippen LogP contribution in [0.1, 0.15) is 13.8 Å². The van der Waals surface area contributed by atoms with Crippen molar-refractivity contribution in [1.82, 2.24) is 0 Å². The highest BCUT2D eigenvalue weighted by atomic mass is 16.6. The molecule has 6 heteroatoms. The molecule has 16 heavy (non-hydrogen) atoms. The number of nitrogens with zero attached hydrogens (tertiary/aromatic N) is 1. The summed E-state index contributed by atoms with van der Waals surface area (Å²) in [4.78, 5) is 10.3. The topological polar surface area (TPSA) is 87.6 Å². The Balaban J connectivity index is 3.19. The van der Waals surface area contributed by atoms with E-state index in [1.165, 1.54) is 12.1 Å². The summed E-state index contributed by atoms with van der Waals surface area (Å²) >= 11 is 0. The Kier molecular flexibility index (Phi) is 3.93. The van der Waals surface area contributed by atoms with E-state index >= 15 is 0 Å². The van der Waals surface area contributed by atoms with E-state index in [1.807, 2.05) is 0 Å². The third-order valence-corrected chi connectivity index (χ3v) is 1.89. The second-order valence-corrected chi connectivity index (χ2v) is 2.98. The van der Waals surface area contributed by atoms with Crippen molar-refractivity contribution < 1.29 is 14.4 Å². The monoisotopic (exact) mass is 226 g/mol. The summed E-state index contributed by atoms with van der Waals surface area (Å²) in [7, 11) is 0. The molecule has 0 aliphatic carbocycles. The van der Waals surface area contributed by atoms with E-state index in [4.69, 9.17) is 15.2 Å². The molecule has 0 bridgehead atoms. The molecule has 1 aromatic carbocycles. The Labute approximate surface area is 93.1 Å². The van der Waals surface area contributed by atoms with Crippen molar-refractivity contribution in [2.24, 2.45) is 0 Å². The standard InChI is InChI=1S/C10H14N2O4/c1-3-15-9-6-8(12(13)14)10(16-4-2)5-7(9)11/h5-6H,3-4,11H2,1-2H3. The number of hydrogen-bond acceptors (Lipinski definition) is 5. The third-order valence-electron chi connectivity index (χ3n) is 1.89. The van der Waals surface area contributed by atoms with E-state index in [0.717, 1.165) is 0 Å². The number of ether oxygens (including phenoxy) is 2. The van der Waals surface area contributed by atoms with Crippen LogP contribution in [-0.4, -0.2) is 18.1 Å². The molecule has 1 aromatic rings. The Morgan fingerprint density at radius 3 is 2.31 bits per heavy atom. The smallest absolute Gasteiger partial charge is 0.314 e. The minimum absolute atomic E-state index is 0.139. The maximum Gasteiger partial charge on any atom is 0.314 e.